The molecule has 0 spiro atoms. The average molecular weight is 454 g/mol. The number of hydrogen-bond acceptors (Lipinski definition) is 1. The highest BCUT2D eigenvalue weighted by Crippen LogP contribution is 2.48. The Morgan fingerprint density at radius 2 is 1.34 bits per heavy atom. The summed E-state index contributed by atoms with van der Waals surface area (Å²) in [6.45, 7) is 0. The van der Waals surface area contributed by atoms with Crippen molar-refractivity contribution in [2.75, 3.05) is 0 Å². The van der Waals surface area contributed by atoms with E-state index < -0.39 is 36.3 Å². The molecule has 0 saturated heterocycles. The van der Waals surface area contributed by atoms with Crippen LogP contribution < -0.4 is 4.74 Å². The lowest BCUT2D eigenvalue weighted by Gasteiger charge is -2.22. The Bertz CT molecular complexity index is 2460. The summed E-state index contributed by atoms with van der Waals surface area (Å²) in [5, 5.41) is 5.28. The molecule has 1 nitrogen and oxygen atoms in total. The van der Waals surface area contributed by atoms with Crippen molar-refractivity contribution in [2.24, 2.45) is 0 Å². The zero-order chi connectivity index (χ0) is 30.8. The van der Waals surface area contributed by atoms with Gasteiger partial charge in [-0.15, -0.1) is 0 Å². The van der Waals surface area contributed by atoms with Gasteiger partial charge in [-0.2, -0.15) is 0 Å². The summed E-state index contributed by atoms with van der Waals surface area (Å²) in [7, 11) is 0. The maximum atomic E-state index is 9.58. The van der Waals surface area contributed by atoms with Crippen LogP contribution in [0, 0.1) is 0 Å². The Morgan fingerprint density at radius 1 is 0.543 bits per heavy atom. The molecule has 1 heterocycles. The second-order valence-corrected chi connectivity index (χ2v) is 8.61. The lowest BCUT2D eigenvalue weighted by molar-refractivity contribution is 0.487. The molecular weight excluding hydrogens is 424 g/mol. The molecule has 8 rings (SSSR count). The van der Waals surface area contributed by atoms with Crippen molar-refractivity contribution in [3.8, 4) is 33.8 Å². The molecule has 1 aliphatic rings. The first-order valence-electron chi connectivity index (χ1n) is 15.8. The summed E-state index contributed by atoms with van der Waals surface area (Å²) in [4.78, 5) is 0. The summed E-state index contributed by atoms with van der Waals surface area (Å²) < 4.78 is 85.2. The molecule has 0 unspecified atom stereocenters. The molecular formula is C34H20O. The summed E-state index contributed by atoms with van der Waals surface area (Å²) in [5.41, 5.74) is 0.724. The van der Waals surface area contributed by atoms with Gasteiger partial charge in [-0.1, -0.05) is 96.9 Å². The van der Waals surface area contributed by atoms with Crippen molar-refractivity contribution < 1.29 is 17.1 Å². The molecule has 162 valence electrons. The number of fused-ring (bicyclic) bond motifs is 6. The zero-order valence-corrected chi connectivity index (χ0v) is 18.3. The van der Waals surface area contributed by atoms with Crippen LogP contribution in [0.2, 0.25) is 0 Å². The molecule has 0 N–H and O–H groups in total. The van der Waals surface area contributed by atoms with Crippen LogP contribution in [0.5, 0.6) is 11.5 Å². The topological polar surface area (TPSA) is 9.23 Å². The van der Waals surface area contributed by atoms with E-state index in [9.17, 15) is 2.74 Å². The highest BCUT2D eigenvalue weighted by Gasteiger charge is 2.21. The van der Waals surface area contributed by atoms with Crippen molar-refractivity contribution in [3.63, 3.8) is 0 Å². The molecule has 0 bridgehead atoms. The first kappa shape index (κ1) is 12.2. The molecule has 0 saturated carbocycles. The van der Waals surface area contributed by atoms with Crippen LogP contribution in [-0.4, -0.2) is 0 Å². The van der Waals surface area contributed by atoms with Gasteiger partial charge in [-0.3, -0.25) is 0 Å². The molecule has 0 radical (unpaired) electrons. The Kier molecular flexibility index (Phi) is 2.42. The maximum absolute atomic E-state index is 9.58. The number of rotatable bonds is 1. The number of hydrogen-bond donors (Lipinski definition) is 0. The van der Waals surface area contributed by atoms with Crippen molar-refractivity contribution >= 4 is 43.1 Å². The summed E-state index contributed by atoms with van der Waals surface area (Å²) >= 11 is 0. The Labute approximate surface area is 215 Å². The smallest absolute Gasteiger partial charge is 0.135 e. The van der Waals surface area contributed by atoms with Gasteiger partial charge < -0.3 is 4.74 Å². The van der Waals surface area contributed by atoms with E-state index in [-0.39, 0.29) is 57.1 Å². The van der Waals surface area contributed by atoms with Gasteiger partial charge in [0, 0.05) is 10.9 Å². The molecule has 0 aliphatic carbocycles. The van der Waals surface area contributed by atoms with Crippen molar-refractivity contribution in [2.45, 2.75) is 0 Å². The Morgan fingerprint density at radius 3 is 2.26 bits per heavy atom. The fourth-order valence-electron chi connectivity index (χ4n) is 5.17. The molecule has 35 heavy (non-hydrogen) atoms. The lowest BCUT2D eigenvalue weighted by atomic mass is 9.87. The van der Waals surface area contributed by atoms with E-state index in [0.717, 1.165) is 32.3 Å². The number of benzene rings is 7. The van der Waals surface area contributed by atoms with Gasteiger partial charge in [0.2, 0.25) is 0 Å². The summed E-state index contributed by atoms with van der Waals surface area (Å²) in [5.74, 6) is -0.434. The largest absolute Gasteiger partial charge is 0.456 e. The van der Waals surface area contributed by atoms with Crippen LogP contribution in [0.4, 0.5) is 0 Å². The molecule has 7 aromatic rings. The third-order valence-electron chi connectivity index (χ3n) is 6.72. The zero-order valence-electron chi connectivity index (χ0n) is 27.3. The van der Waals surface area contributed by atoms with Gasteiger partial charge in [0.1, 0.15) is 11.5 Å². The van der Waals surface area contributed by atoms with Gasteiger partial charge in [-0.05, 0) is 78.6 Å². The van der Waals surface area contributed by atoms with Crippen LogP contribution in [0.1, 0.15) is 12.3 Å². The maximum Gasteiger partial charge on any atom is 0.135 e. The van der Waals surface area contributed by atoms with E-state index in [1.54, 1.807) is 0 Å². The minimum absolute atomic E-state index is 0.00426. The Balaban J connectivity index is 1.59. The van der Waals surface area contributed by atoms with Gasteiger partial charge in [0.15, 0.2) is 0 Å². The molecule has 0 amide bonds. The number of ether oxygens (including phenoxy) is 1. The van der Waals surface area contributed by atoms with Crippen LogP contribution in [0.15, 0.2) is 121 Å². The third kappa shape index (κ3) is 2.64. The monoisotopic (exact) mass is 453 g/mol. The molecule has 7 aromatic carbocycles. The predicted octanol–water partition coefficient (Wildman–Crippen LogP) is 9.74. The predicted molar refractivity (Wildman–Crippen MR) is 147 cm³/mol. The second kappa shape index (κ2) is 6.94. The van der Waals surface area contributed by atoms with Crippen LogP contribution in [0.3, 0.4) is 0 Å². The molecule has 1 aliphatic heterocycles. The normalized spacial score (nSPS) is 15.8. The SMILES string of the molecule is [2H]c1c([2H])c(-c2c3ccccc3cc3c2ccc2ccccc23)c([2H])c2c1Oc1c([2H])c([2H])c([2H])c3c([2H])c([2H])c([2H])c-2c13. The standard InChI is InChI=1S/C34H20O/c1-3-11-25-21(7-1)15-17-28-29(25)19-23-8-2-4-12-26(23)33(28)24-16-18-31-30(20-24)27-13-5-9-22-10-6-14-32(35-31)34(22)27/h1-20H/i5D,6D,9D,10D,13D,14D,16D,18D,20D. The van der Waals surface area contributed by atoms with E-state index >= 15 is 0 Å². The first-order chi connectivity index (χ1) is 21.1. The fourth-order valence-corrected chi connectivity index (χ4v) is 5.17. The van der Waals surface area contributed by atoms with Crippen molar-refractivity contribution in [3.05, 3.63) is 121 Å². The molecule has 0 aromatic heterocycles. The van der Waals surface area contributed by atoms with Crippen molar-refractivity contribution in [1.82, 2.24) is 0 Å². The Hall–Kier alpha value is -4.62. The highest BCUT2D eigenvalue weighted by molar-refractivity contribution is 6.20. The van der Waals surface area contributed by atoms with E-state index in [1.807, 2.05) is 60.7 Å². The van der Waals surface area contributed by atoms with E-state index in [0.29, 0.717) is 5.56 Å². The fraction of sp³-hybridized carbons (Fsp3) is 0. The van der Waals surface area contributed by atoms with Crippen molar-refractivity contribution in [1.29, 1.82) is 0 Å². The van der Waals surface area contributed by atoms with E-state index in [2.05, 4.69) is 6.07 Å². The van der Waals surface area contributed by atoms with Crippen LogP contribution in [0.25, 0.3) is 65.3 Å². The van der Waals surface area contributed by atoms with Gasteiger partial charge in [-0.25, -0.2) is 0 Å². The van der Waals surface area contributed by atoms with Gasteiger partial charge in [0.05, 0.1) is 12.3 Å². The average Bonchev–Trinajstić information content (AvgIpc) is 3.04. The third-order valence-corrected chi connectivity index (χ3v) is 6.72. The quantitative estimate of drug-likeness (QED) is 0.177. The lowest BCUT2D eigenvalue weighted by Crippen LogP contribution is -1.97. The molecule has 1 heteroatoms. The summed E-state index contributed by atoms with van der Waals surface area (Å²) in [6.07, 6.45) is 0. The van der Waals surface area contributed by atoms with E-state index in [4.69, 9.17) is 14.3 Å². The summed E-state index contributed by atoms with van der Waals surface area (Å²) in [6, 6.07) is 18.0. The van der Waals surface area contributed by atoms with Gasteiger partial charge in [0.25, 0.3) is 0 Å². The minimum atomic E-state index is -0.512. The molecule has 0 fully saturated rings. The van der Waals surface area contributed by atoms with Crippen LogP contribution in [-0.2, 0) is 0 Å². The first-order valence-corrected chi connectivity index (χ1v) is 11.3. The van der Waals surface area contributed by atoms with E-state index in [1.165, 1.54) is 0 Å². The second-order valence-electron chi connectivity index (χ2n) is 8.61. The van der Waals surface area contributed by atoms with Gasteiger partial charge >= 0.3 is 0 Å². The highest BCUT2D eigenvalue weighted by atomic mass is 16.5. The van der Waals surface area contributed by atoms with Crippen LogP contribution >= 0.6 is 0 Å². The molecule has 0 atom stereocenters. The minimum Gasteiger partial charge on any atom is -0.456 e.